The van der Waals surface area contributed by atoms with Gasteiger partial charge in [-0.3, -0.25) is 9.59 Å². The molecule has 3 rings (SSSR count). The molecule has 2 aliphatic heterocycles. The number of hydrogen-bond donors (Lipinski definition) is 2. The first-order valence-electron chi connectivity index (χ1n) is 7.45. The SMILES string of the molecule is O=C(O)[C@@H]1C[C@H](O)CN1C(=O)C1CC(=O)N(CC2CC2)C1. The van der Waals surface area contributed by atoms with E-state index in [2.05, 4.69) is 0 Å². The number of nitrogens with zero attached hydrogens (tertiary/aromatic N) is 2. The third kappa shape index (κ3) is 2.88. The Morgan fingerprint density at radius 3 is 2.57 bits per heavy atom. The Labute approximate surface area is 122 Å². The van der Waals surface area contributed by atoms with E-state index in [1.165, 1.54) is 4.90 Å². The van der Waals surface area contributed by atoms with Crippen molar-refractivity contribution in [1.29, 1.82) is 0 Å². The van der Waals surface area contributed by atoms with Crippen molar-refractivity contribution < 1.29 is 24.6 Å². The fourth-order valence-corrected chi connectivity index (χ4v) is 3.25. The predicted octanol–water partition coefficient (Wildman–Crippen LogP) is -0.709. The molecule has 0 radical (unpaired) electrons. The molecule has 116 valence electrons. The highest BCUT2D eigenvalue weighted by atomic mass is 16.4. The van der Waals surface area contributed by atoms with E-state index in [4.69, 9.17) is 5.11 Å². The van der Waals surface area contributed by atoms with Crippen LogP contribution in [-0.4, -0.2) is 69.6 Å². The fraction of sp³-hybridized carbons (Fsp3) is 0.786. The van der Waals surface area contributed by atoms with Crippen LogP contribution in [0.4, 0.5) is 0 Å². The number of aliphatic carboxylic acids is 1. The molecule has 3 aliphatic rings. The van der Waals surface area contributed by atoms with Gasteiger partial charge in [0.05, 0.1) is 12.0 Å². The molecule has 1 saturated carbocycles. The number of aliphatic hydroxyl groups excluding tert-OH is 1. The Hall–Kier alpha value is -1.63. The Balaban J connectivity index is 1.64. The number of amides is 2. The quantitative estimate of drug-likeness (QED) is 0.714. The van der Waals surface area contributed by atoms with Gasteiger partial charge in [0, 0.05) is 32.5 Å². The van der Waals surface area contributed by atoms with E-state index in [1.54, 1.807) is 4.90 Å². The first-order chi connectivity index (χ1) is 9.95. The number of carboxylic acids is 1. The molecule has 3 atom stereocenters. The molecule has 7 heteroatoms. The zero-order chi connectivity index (χ0) is 15.1. The molecule has 1 aliphatic carbocycles. The lowest BCUT2D eigenvalue weighted by atomic mass is 10.1. The Bertz CT molecular complexity index is 476. The third-order valence-electron chi connectivity index (χ3n) is 4.59. The van der Waals surface area contributed by atoms with E-state index in [9.17, 15) is 19.5 Å². The third-order valence-corrected chi connectivity index (χ3v) is 4.59. The molecule has 2 heterocycles. The molecule has 7 nitrogen and oxygen atoms in total. The van der Waals surface area contributed by atoms with Crippen LogP contribution >= 0.6 is 0 Å². The summed E-state index contributed by atoms with van der Waals surface area (Å²) < 4.78 is 0. The van der Waals surface area contributed by atoms with Crippen LogP contribution in [0.1, 0.15) is 25.7 Å². The zero-order valence-electron chi connectivity index (χ0n) is 11.8. The van der Waals surface area contributed by atoms with Crippen molar-refractivity contribution in [2.24, 2.45) is 11.8 Å². The minimum atomic E-state index is -1.10. The average Bonchev–Trinajstić information content (AvgIpc) is 3.04. The molecule has 0 spiro atoms. The van der Waals surface area contributed by atoms with Gasteiger partial charge in [0.1, 0.15) is 6.04 Å². The number of carboxylic acid groups (broad SMARTS) is 1. The summed E-state index contributed by atoms with van der Waals surface area (Å²) in [6.07, 6.45) is 1.71. The van der Waals surface area contributed by atoms with E-state index in [1.807, 2.05) is 0 Å². The Morgan fingerprint density at radius 1 is 1.24 bits per heavy atom. The van der Waals surface area contributed by atoms with Gasteiger partial charge in [-0.05, 0) is 18.8 Å². The molecule has 1 unspecified atom stereocenters. The summed E-state index contributed by atoms with van der Waals surface area (Å²) in [5.74, 6) is -1.33. The summed E-state index contributed by atoms with van der Waals surface area (Å²) in [7, 11) is 0. The van der Waals surface area contributed by atoms with E-state index in [0.29, 0.717) is 19.0 Å². The molecule has 0 aromatic carbocycles. The minimum Gasteiger partial charge on any atom is -0.480 e. The summed E-state index contributed by atoms with van der Waals surface area (Å²) in [4.78, 5) is 38.5. The van der Waals surface area contributed by atoms with Gasteiger partial charge in [-0.25, -0.2) is 4.79 Å². The number of rotatable bonds is 4. The van der Waals surface area contributed by atoms with E-state index in [-0.39, 0.29) is 31.2 Å². The van der Waals surface area contributed by atoms with Crippen LogP contribution in [0.3, 0.4) is 0 Å². The van der Waals surface area contributed by atoms with Gasteiger partial charge in [-0.2, -0.15) is 0 Å². The first-order valence-corrected chi connectivity index (χ1v) is 7.45. The van der Waals surface area contributed by atoms with Crippen LogP contribution in [0, 0.1) is 11.8 Å². The van der Waals surface area contributed by atoms with Crippen molar-refractivity contribution in [2.75, 3.05) is 19.6 Å². The largest absolute Gasteiger partial charge is 0.480 e. The van der Waals surface area contributed by atoms with Crippen molar-refractivity contribution >= 4 is 17.8 Å². The molecule has 0 bridgehead atoms. The Morgan fingerprint density at radius 2 is 1.95 bits per heavy atom. The number of likely N-dealkylation sites (tertiary alicyclic amines) is 2. The molecule has 2 amide bonds. The fourth-order valence-electron chi connectivity index (χ4n) is 3.25. The number of β-amino-alcohol motifs (C(OH)–C–C–N with tert-alkyl or cyclic N) is 1. The van der Waals surface area contributed by atoms with Crippen molar-refractivity contribution in [3.63, 3.8) is 0 Å². The topological polar surface area (TPSA) is 98.1 Å². The highest BCUT2D eigenvalue weighted by Crippen LogP contribution is 2.33. The smallest absolute Gasteiger partial charge is 0.326 e. The second kappa shape index (κ2) is 5.29. The van der Waals surface area contributed by atoms with Crippen molar-refractivity contribution in [3.8, 4) is 0 Å². The summed E-state index contributed by atoms with van der Waals surface area (Å²) in [6, 6.07) is -0.972. The maximum absolute atomic E-state index is 12.5. The van der Waals surface area contributed by atoms with Gasteiger partial charge in [0.25, 0.3) is 0 Å². The van der Waals surface area contributed by atoms with Crippen molar-refractivity contribution in [1.82, 2.24) is 9.80 Å². The molecule has 21 heavy (non-hydrogen) atoms. The number of carbonyl (C=O) groups excluding carboxylic acids is 2. The van der Waals surface area contributed by atoms with Crippen molar-refractivity contribution in [3.05, 3.63) is 0 Å². The van der Waals surface area contributed by atoms with E-state index < -0.39 is 24.0 Å². The summed E-state index contributed by atoms with van der Waals surface area (Å²) in [5.41, 5.74) is 0. The highest BCUT2D eigenvalue weighted by Gasteiger charge is 2.44. The van der Waals surface area contributed by atoms with Gasteiger partial charge in [-0.1, -0.05) is 0 Å². The summed E-state index contributed by atoms with van der Waals surface area (Å²) >= 11 is 0. The molecule has 0 aromatic heterocycles. The maximum Gasteiger partial charge on any atom is 0.326 e. The Kier molecular flexibility index (Phi) is 3.61. The molecular weight excluding hydrogens is 276 g/mol. The van der Waals surface area contributed by atoms with E-state index in [0.717, 1.165) is 12.8 Å². The normalized spacial score (nSPS) is 32.8. The molecule has 0 aromatic rings. The predicted molar refractivity (Wildman–Crippen MR) is 71.2 cm³/mol. The lowest BCUT2D eigenvalue weighted by molar-refractivity contribution is -0.149. The van der Waals surface area contributed by atoms with Crippen LogP contribution in [0.25, 0.3) is 0 Å². The average molecular weight is 296 g/mol. The first kappa shape index (κ1) is 14.3. The molecule has 2 N–H and O–H groups in total. The lowest BCUT2D eigenvalue weighted by Gasteiger charge is -2.24. The summed E-state index contributed by atoms with van der Waals surface area (Å²) in [6.45, 7) is 1.14. The van der Waals surface area contributed by atoms with Crippen LogP contribution in [0.2, 0.25) is 0 Å². The monoisotopic (exact) mass is 296 g/mol. The second-order valence-electron chi connectivity index (χ2n) is 6.38. The van der Waals surface area contributed by atoms with Crippen LogP contribution < -0.4 is 0 Å². The minimum absolute atomic E-state index is 0.0214. The second-order valence-corrected chi connectivity index (χ2v) is 6.38. The van der Waals surface area contributed by atoms with Gasteiger partial charge in [-0.15, -0.1) is 0 Å². The lowest BCUT2D eigenvalue weighted by Crippen LogP contribution is -2.44. The molecule has 2 saturated heterocycles. The standard InChI is InChI=1S/C14H20N2O5/c17-10-4-11(14(20)21)16(7-10)13(19)9-3-12(18)15(6-9)5-8-1-2-8/h8-11,17H,1-7H2,(H,20,21)/t9?,10-,11-/m0/s1. The van der Waals surface area contributed by atoms with E-state index >= 15 is 0 Å². The van der Waals surface area contributed by atoms with Crippen LogP contribution in [-0.2, 0) is 14.4 Å². The zero-order valence-corrected chi connectivity index (χ0v) is 11.8. The van der Waals surface area contributed by atoms with Crippen LogP contribution in [0.15, 0.2) is 0 Å². The maximum atomic E-state index is 12.5. The summed E-state index contributed by atoms with van der Waals surface area (Å²) in [5, 5.41) is 18.7. The number of aliphatic hydroxyl groups is 1. The van der Waals surface area contributed by atoms with Crippen molar-refractivity contribution in [2.45, 2.75) is 37.8 Å². The highest BCUT2D eigenvalue weighted by molar-refractivity contribution is 5.91. The molecule has 3 fully saturated rings. The number of hydrogen-bond acceptors (Lipinski definition) is 4. The van der Waals surface area contributed by atoms with Gasteiger partial charge < -0.3 is 20.0 Å². The van der Waals surface area contributed by atoms with Gasteiger partial charge in [0.2, 0.25) is 11.8 Å². The number of carbonyl (C=O) groups is 3. The van der Waals surface area contributed by atoms with Gasteiger partial charge in [0.15, 0.2) is 0 Å². The van der Waals surface area contributed by atoms with Crippen LogP contribution in [0.5, 0.6) is 0 Å². The molecular formula is C14H20N2O5. The van der Waals surface area contributed by atoms with Gasteiger partial charge >= 0.3 is 5.97 Å².